The molecule has 0 radical (unpaired) electrons. The van der Waals surface area contributed by atoms with Crippen LogP contribution < -0.4 is 4.74 Å². The molecule has 0 aliphatic carbocycles. The third kappa shape index (κ3) is 3.03. The van der Waals surface area contributed by atoms with E-state index in [0.29, 0.717) is 21.6 Å². The van der Waals surface area contributed by atoms with Crippen LogP contribution in [0.5, 0.6) is 5.75 Å². The van der Waals surface area contributed by atoms with E-state index in [9.17, 15) is 4.79 Å². The van der Waals surface area contributed by atoms with Gasteiger partial charge in [0.25, 0.3) is 0 Å². The van der Waals surface area contributed by atoms with Gasteiger partial charge >= 0.3 is 5.97 Å². The molecule has 0 aliphatic rings. The Balaban J connectivity index is 2.12. The quantitative estimate of drug-likeness (QED) is 0.801. The predicted molar refractivity (Wildman–Crippen MR) is 71.4 cm³/mol. The first-order chi connectivity index (χ1) is 8.70. The van der Waals surface area contributed by atoms with E-state index in [1.165, 1.54) is 7.11 Å². The molecular formula is C13H11ClO3S. The average Bonchev–Trinajstić information content (AvgIpc) is 2.78. The summed E-state index contributed by atoms with van der Waals surface area (Å²) in [6.07, 6.45) is 0. The van der Waals surface area contributed by atoms with E-state index >= 15 is 0 Å². The van der Waals surface area contributed by atoms with Crippen molar-refractivity contribution in [3.63, 3.8) is 0 Å². The highest BCUT2D eigenvalue weighted by atomic mass is 35.5. The first-order valence-electron chi connectivity index (χ1n) is 5.25. The first-order valence-corrected chi connectivity index (χ1v) is 6.44. The summed E-state index contributed by atoms with van der Waals surface area (Å²) in [6, 6.07) is 11.3. The van der Waals surface area contributed by atoms with E-state index in [4.69, 9.17) is 16.3 Å². The van der Waals surface area contributed by atoms with Crippen molar-refractivity contribution in [3.8, 4) is 5.75 Å². The molecule has 2 aromatic rings. The standard InChI is InChI=1S/C13H11ClO3S/c1-16-13(15)12-10(7-11(14)18-12)17-8-9-5-3-2-4-6-9/h2-7H,8H2,1H3. The fourth-order valence-corrected chi connectivity index (χ4v) is 2.50. The Labute approximate surface area is 114 Å². The normalized spacial score (nSPS) is 10.1. The lowest BCUT2D eigenvalue weighted by atomic mass is 10.2. The highest BCUT2D eigenvalue weighted by molar-refractivity contribution is 7.18. The summed E-state index contributed by atoms with van der Waals surface area (Å²) in [5, 5.41) is 0. The molecule has 94 valence electrons. The summed E-state index contributed by atoms with van der Waals surface area (Å²) in [4.78, 5) is 11.9. The van der Waals surface area contributed by atoms with Gasteiger partial charge in [-0.1, -0.05) is 41.9 Å². The molecular weight excluding hydrogens is 272 g/mol. The van der Waals surface area contributed by atoms with Gasteiger partial charge < -0.3 is 9.47 Å². The summed E-state index contributed by atoms with van der Waals surface area (Å²) in [7, 11) is 1.33. The maximum absolute atomic E-state index is 11.5. The Kier molecular flexibility index (Phi) is 4.23. The number of rotatable bonds is 4. The molecule has 1 heterocycles. The first kappa shape index (κ1) is 12.9. The molecule has 0 bridgehead atoms. The van der Waals surface area contributed by atoms with Crippen LogP contribution in [0.25, 0.3) is 0 Å². The van der Waals surface area contributed by atoms with Crippen molar-refractivity contribution >= 4 is 28.9 Å². The number of hydrogen-bond acceptors (Lipinski definition) is 4. The highest BCUT2D eigenvalue weighted by Gasteiger charge is 2.17. The third-order valence-corrected chi connectivity index (χ3v) is 3.50. The minimum Gasteiger partial charge on any atom is -0.487 e. The molecule has 1 aromatic carbocycles. The van der Waals surface area contributed by atoms with Gasteiger partial charge in [0.15, 0.2) is 4.88 Å². The molecule has 1 aromatic heterocycles. The van der Waals surface area contributed by atoms with E-state index in [0.717, 1.165) is 16.9 Å². The van der Waals surface area contributed by atoms with Gasteiger partial charge in [-0.2, -0.15) is 0 Å². The van der Waals surface area contributed by atoms with E-state index in [2.05, 4.69) is 4.74 Å². The van der Waals surface area contributed by atoms with Crippen molar-refractivity contribution in [2.45, 2.75) is 6.61 Å². The van der Waals surface area contributed by atoms with Crippen molar-refractivity contribution in [1.82, 2.24) is 0 Å². The van der Waals surface area contributed by atoms with E-state index in [-0.39, 0.29) is 0 Å². The van der Waals surface area contributed by atoms with Gasteiger partial charge in [-0.05, 0) is 5.56 Å². The lowest BCUT2D eigenvalue weighted by Gasteiger charge is -2.05. The van der Waals surface area contributed by atoms with Gasteiger partial charge in [-0.3, -0.25) is 0 Å². The highest BCUT2D eigenvalue weighted by Crippen LogP contribution is 2.33. The van der Waals surface area contributed by atoms with Crippen molar-refractivity contribution in [2.24, 2.45) is 0 Å². The van der Waals surface area contributed by atoms with Crippen molar-refractivity contribution in [1.29, 1.82) is 0 Å². The second kappa shape index (κ2) is 5.89. The van der Waals surface area contributed by atoms with Crippen LogP contribution in [-0.4, -0.2) is 13.1 Å². The Morgan fingerprint density at radius 2 is 2.06 bits per heavy atom. The number of hydrogen-bond donors (Lipinski definition) is 0. The topological polar surface area (TPSA) is 35.5 Å². The zero-order valence-corrected chi connectivity index (χ0v) is 11.3. The molecule has 0 saturated heterocycles. The number of methoxy groups -OCH3 is 1. The number of ether oxygens (including phenoxy) is 2. The van der Waals surface area contributed by atoms with Crippen LogP contribution in [0.3, 0.4) is 0 Å². The van der Waals surface area contributed by atoms with Crippen LogP contribution in [0.4, 0.5) is 0 Å². The monoisotopic (exact) mass is 282 g/mol. The van der Waals surface area contributed by atoms with Gasteiger partial charge in [-0.15, -0.1) is 11.3 Å². The summed E-state index contributed by atoms with van der Waals surface area (Å²) in [6.45, 7) is 0.387. The molecule has 0 saturated carbocycles. The largest absolute Gasteiger partial charge is 0.487 e. The Hall–Kier alpha value is -1.52. The Morgan fingerprint density at radius 1 is 1.33 bits per heavy atom. The molecule has 18 heavy (non-hydrogen) atoms. The zero-order chi connectivity index (χ0) is 13.0. The second-order valence-electron chi connectivity index (χ2n) is 3.51. The summed E-state index contributed by atoms with van der Waals surface area (Å²) in [5.41, 5.74) is 1.02. The lowest BCUT2D eigenvalue weighted by Crippen LogP contribution is -2.02. The summed E-state index contributed by atoms with van der Waals surface area (Å²) in [5.74, 6) is 0.0238. The van der Waals surface area contributed by atoms with Crippen LogP contribution in [0.15, 0.2) is 36.4 Å². The minimum absolute atomic E-state index is 0.387. The molecule has 0 N–H and O–H groups in total. The van der Waals surface area contributed by atoms with Gasteiger partial charge in [0.2, 0.25) is 0 Å². The van der Waals surface area contributed by atoms with Crippen molar-refractivity contribution < 1.29 is 14.3 Å². The van der Waals surface area contributed by atoms with E-state index < -0.39 is 5.97 Å². The van der Waals surface area contributed by atoms with Crippen molar-refractivity contribution in [2.75, 3.05) is 7.11 Å². The molecule has 0 amide bonds. The summed E-state index contributed by atoms with van der Waals surface area (Å²) >= 11 is 7.03. The number of benzene rings is 1. The van der Waals surface area contributed by atoms with Gasteiger partial charge in [0.05, 0.1) is 11.4 Å². The van der Waals surface area contributed by atoms with Crippen LogP contribution in [0.1, 0.15) is 15.2 Å². The Bertz CT molecular complexity index is 536. The maximum atomic E-state index is 11.5. The molecule has 0 atom stereocenters. The number of carbonyl (C=O) groups excluding carboxylic acids is 1. The second-order valence-corrected chi connectivity index (χ2v) is 5.19. The number of thiophene rings is 1. The smallest absolute Gasteiger partial charge is 0.351 e. The molecule has 0 unspecified atom stereocenters. The lowest BCUT2D eigenvalue weighted by molar-refractivity contribution is 0.0601. The predicted octanol–water partition coefficient (Wildman–Crippen LogP) is 3.77. The molecule has 5 heteroatoms. The maximum Gasteiger partial charge on any atom is 0.351 e. The van der Waals surface area contributed by atoms with E-state index in [1.807, 2.05) is 30.3 Å². The summed E-state index contributed by atoms with van der Waals surface area (Å²) < 4.78 is 10.8. The van der Waals surface area contributed by atoms with E-state index in [1.54, 1.807) is 6.07 Å². The van der Waals surface area contributed by atoms with Crippen LogP contribution in [-0.2, 0) is 11.3 Å². The molecule has 2 rings (SSSR count). The van der Waals surface area contributed by atoms with Crippen LogP contribution >= 0.6 is 22.9 Å². The molecule has 3 nitrogen and oxygen atoms in total. The third-order valence-electron chi connectivity index (χ3n) is 2.28. The van der Waals surface area contributed by atoms with Crippen LogP contribution in [0, 0.1) is 0 Å². The number of carbonyl (C=O) groups is 1. The molecule has 0 spiro atoms. The number of halogens is 1. The fraction of sp³-hybridized carbons (Fsp3) is 0.154. The Morgan fingerprint density at radius 3 is 2.72 bits per heavy atom. The molecule has 0 fully saturated rings. The van der Waals surface area contributed by atoms with Gasteiger partial charge in [0, 0.05) is 6.07 Å². The minimum atomic E-state index is -0.435. The van der Waals surface area contributed by atoms with Gasteiger partial charge in [-0.25, -0.2) is 4.79 Å². The fourth-order valence-electron chi connectivity index (χ4n) is 1.42. The van der Waals surface area contributed by atoms with Crippen molar-refractivity contribution in [3.05, 3.63) is 51.2 Å². The average molecular weight is 283 g/mol. The zero-order valence-electron chi connectivity index (χ0n) is 9.68. The van der Waals surface area contributed by atoms with Crippen LogP contribution in [0.2, 0.25) is 4.34 Å². The number of esters is 1. The van der Waals surface area contributed by atoms with Gasteiger partial charge in [0.1, 0.15) is 12.4 Å². The SMILES string of the molecule is COC(=O)c1sc(Cl)cc1OCc1ccccc1. The molecule has 0 aliphatic heterocycles.